The first-order valence-electron chi connectivity index (χ1n) is 7.15. The predicted octanol–water partition coefficient (Wildman–Crippen LogP) is 3.01. The minimum absolute atomic E-state index is 0.0281. The molecule has 2 rings (SSSR count). The van der Waals surface area contributed by atoms with E-state index in [4.69, 9.17) is 18.9 Å². The average molecular weight is 270 g/mol. The number of allylic oxidation sites excluding steroid dienone is 1. The van der Waals surface area contributed by atoms with Gasteiger partial charge in [0.05, 0.1) is 12.7 Å². The van der Waals surface area contributed by atoms with Crippen molar-refractivity contribution < 1.29 is 18.9 Å². The topological polar surface area (TPSA) is 36.9 Å². The molecule has 0 radical (unpaired) electrons. The fourth-order valence-corrected chi connectivity index (χ4v) is 2.63. The van der Waals surface area contributed by atoms with Gasteiger partial charge in [0, 0.05) is 0 Å². The van der Waals surface area contributed by atoms with Gasteiger partial charge in [-0.15, -0.1) is 0 Å². The molecule has 4 heteroatoms. The summed E-state index contributed by atoms with van der Waals surface area (Å²) < 4.78 is 23.5. The van der Waals surface area contributed by atoms with E-state index in [1.807, 2.05) is 27.7 Å². The lowest BCUT2D eigenvalue weighted by Gasteiger charge is -2.23. The molecule has 0 aromatic carbocycles. The second-order valence-electron chi connectivity index (χ2n) is 6.12. The van der Waals surface area contributed by atoms with Crippen LogP contribution >= 0.6 is 0 Å². The Morgan fingerprint density at radius 1 is 1.00 bits per heavy atom. The van der Waals surface area contributed by atoms with Gasteiger partial charge in [-0.2, -0.15) is 0 Å². The van der Waals surface area contributed by atoms with Gasteiger partial charge in [0.25, 0.3) is 0 Å². The van der Waals surface area contributed by atoms with E-state index in [0.717, 1.165) is 12.8 Å². The van der Waals surface area contributed by atoms with E-state index in [-0.39, 0.29) is 18.3 Å². The summed E-state index contributed by atoms with van der Waals surface area (Å²) in [6, 6.07) is 0. The summed E-state index contributed by atoms with van der Waals surface area (Å²) in [4.78, 5) is 0. The zero-order valence-electron chi connectivity index (χ0n) is 12.6. The van der Waals surface area contributed by atoms with Crippen LogP contribution in [0.1, 0.15) is 47.5 Å². The molecule has 110 valence electrons. The quantitative estimate of drug-likeness (QED) is 0.736. The molecule has 0 amide bonds. The Kier molecular flexibility index (Phi) is 4.35. The fourth-order valence-electron chi connectivity index (χ4n) is 2.63. The van der Waals surface area contributed by atoms with Gasteiger partial charge < -0.3 is 18.9 Å². The summed E-state index contributed by atoms with van der Waals surface area (Å²) >= 11 is 0. The molecule has 2 aliphatic rings. The van der Waals surface area contributed by atoms with Crippen molar-refractivity contribution in [3.05, 3.63) is 12.2 Å². The highest BCUT2D eigenvalue weighted by molar-refractivity contribution is 4.95. The summed E-state index contributed by atoms with van der Waals surface area (Å²) in [5.74, 6) is -1.07. The molecule has 0 saturated carbocycles. The predicted molar refractivity (Wildman–Crippen MR) is 72.8 cm³/mol. The number of hydrogen-bond donors (Lipinski definition) is 0. The zero-order chi connectivity index (χ0) is 14.1. The molecule has 0 unspecified atom stereocenters. The van der Waals surface area contributed by atoms with E-state index >= 15 is 0 Å². The van der Waals surface area contributed by atoms with Gasteiger partial charge >= 0.3 is 0 Å². The van der Waals surface area contributed by atoms with Crippen molar-refractivity contribution >= 4 is 0 Å². The van der Waals surface area contributed by atoms with Crippen LogP contribution in [0.2, 0.25) is 0 Å². The van der Waals surface area contributed by atoms with E-state index in [9.17, 15) is 0 Å². The molecule has 0 aliphatic carbocycles. The average Bonchev–Trinajstić information content (AvgIpc) is 2.79. The van der Waals surface area contributed by atoms with Crippen molar-refractivity contribution in [2.75, 3.05) is 6.61 Å². The molecule has 0 spiro atoms. The van der Waals surface area contributed by atoms with E-state index in [0.29, 0.717) is 6.61 Å². The van der Waals surface area contributed by atoms with E-state index in [2.05, 4.69) is 19.1 Å². The highest BCUT2D eigenvalue weighted by Gasteiger charge is 2.49. The monoisotopic (exact) mass is 270 g/mol. The van der Waals surface area contributed by atoms with Crippen LogP contribution in [0.3, 0.4) is 0 Å². The molecule has 3 atom stereocenters. The van der Waals surface area contributed by atoms with Crippen LogP contribution in [-0.2, 0) is 18.9 Å². The molecule has 2 saturated heterocycles. The standard InChI is InChI=1S/C15H26O4/c1-6-7-8-9-11-13(19-15(4,5)17-11)12-10-16-14(2,3)18-12/h7-8,11-13H,6,9-10H2,1-5H3/b8-7-/t11-,12-,13+/m0/s1. The summed E-state index contributed by atoms with van der Waals surface area (Å²) in [6.45, 7) is 10.4. The van der Waals surface area contributed by atoms with E-state index in [1.165, 1.54) is 0 Å². The van der Waals surface area contributed by atoms with Crippen LogP contribution in [0.25, 0.3) is 0 Å². The molecule has 0 aromatic rings. The maximum atomic E-state index is 6.01. The maximum Gasteiger partial charge on any atom is 0.163 e. The molecule has 0 aromatic heterocycles. The highest BCUT2D eigenvalue weighted by Crippen LogP contribution is 2.36. The highest BCUT2D eigenvalue weighted by atomic mass is 16.8. The molecular weight excluding hydrogens is 244 g/mol. The molecular formula is C15H26O4. The molecule has 0 bridgehead atoms. The molecule has 2 aliphatic heterocycles. The number of rotatable bonds is 4. The third kappa shape index (κ3) is 3.78. The van der Waals surface area contributed by atoms with Crippen LogP contribution in [0.15, 0.2) is 12.2 Å². The Hall–Kier alpha value is -0.420. The van der Waals surface area contributed by atoms with Gasteiger partial charge in [0.1, 0.15) is 12.2 Å². The van der Waals surface area contributed by atoms with Crippen molar-refractivity contribution in [2.45, 2.75) is 77.3 Å². The Labute approximate surface area is 116 Å². The fraction of sp³-hybridized carbons (Fsp3) is 0.867. The van der Waals surface area contributed by atoms with Crippen LogP contribution in [0.5, 0.6) is 0 Å². The number of ether oxygens (including phenoxy) is 4. The Bertz CT molecular complexity index is 335. The Morgan fingerprint density at radius 3 is 2.32 bits per heavy atom. The van der Waals surface area contributed by atoms with Gasteiger partial charge in [-0.25, -0.2) is 0 Å². The van der Waals surface area contributed by atoms with Crippen LogP contribution in [0.4, 0.5) is 0 Å². The Morgan fingerprint density at radius 2 is 1.74 bits per heavy atom. The van der Waals surface area contributed by atoms with E-state index in [1.54, 1.807) is 0 Å². The molecule has 2 heterocycles. The van der Waals surface area contributed by atoms with Crippen molar-refractivity contribution in [3.8, 4) is 0 Å². The van der Waals surface area contributed by atoms with Crippen molar-refractivity contribution in [1.82, 2.24) is 0 Å². The van der Waals surface area contributed by atoms with Gasteiger partial charge in [0.15, 0.2) is 11.6 Å². The second kappa shape index (κ2) is 5.52. The van der Waals surface area contributed by atoms with Crippen molar-refractivity contribution in [3.63, 3.8) is 0 Å². The maximum absolute atomic E-state index is 6.01. The first-order chi connectivity index (χ1) is 8.83. The van der Waals surface area contributed by atoms with Crippen LogP contribution in [-0.4, -0.2) is 36.5 Å². The number of hydrogen-bond acceptors (Lipinski definition) is 4. The van der Waals surface area contributed by atoms with Gasteiger partial charge in [0.2, 0.25) is 0 Å². The molecule has 19 heavy (non-hydrogen) atoms. The molecule has 0 N–H and O–H groups in total. The summed E-state index contributed by atoms with van der Waals surface area (Å²) in [6.07, 6.45) is 6.10. The van der Waals surface area contributed by atoms with Gasteiger partial charge in [-0.05, 0) is 40.5 Å². The third-order valence-corrected chi connectivity index (χ3v) is 3.39. The first-order valence-corrected chi connectivity index (χ1v) is 7.15. The minimum Gasteiger partial charge on any atom is -0.348 e. The van der Waals surface area contributed by atoms with Crippen molar-refractivity contribution in [1.29, 1.82) is 0 Å². The van der Waals surface area contributed by atoms with Crippen molar-refractivity contribution in [2.24, 2.45) is 0 Å². The van der Waals surface area contributed by atoms with Gasteiger partial charge in [-0.1, -0.05) is 19.1 Å². The summed E-state index contributed by atoms with van der Waals surface area (Å²) in [5, 5.41) is 0. The van der Waals surface area contributed by atoms with E-state index < -0.39 is 11.6 Å². The molecule has 2 fully saturated rings. The lowest BCUT2D eigenvalue weighted by atomic mass is 10.1. The lowest BCUT2D eigenvalue weighted by Crippen LogP contribution is -2.38. The first kappa shape index (κ1) is 15.0. The summed E-state index contributed by atoms with van der Waals surface area (Å²) in [5.41, 5.74) is 0. The second-order valence-corrected chi connectivity index (χ2v) is 6.12. The molecule has 4 nitrogen and oxygen atoms in total. The smallest absolute Gasteiger partial charge is 0.163 e. The normalized spacial score (nSPS) is 37.2. The lowest BCUT2D eigenvalue weighted by molar-refractivity contribution is -0.174. The minimum atomic E-state index is -0.550. The Balaban J connectivity index is 2.02. The van der Waals surface area contributed by atoms with Crippen LogP contribution in [0, 0.1) is 0 Å². The zero-order valence-corrected chi connectivity index (χ0v) is 12.6. The SMILES string of the molecule is CC/C=C\C[C@@H]1OC(C)(C)O[C@H]1[C@@H]1COC(C)(C)O1. The van der Waals surface area contributed by atoms with Crippen LogP contribution < -0.4 is 0 Å². The third-order valence-electron chi connectivity index (χ3n) is 3.39. The summed E-state index contributed by atoms with van der Waals surface area (Å²) in [7, 11) is 0. The largest absolute Gasteiger partial charge is 0.348 e. The van der Waals surface area contributed by atoms with Gasteiger partial charge in [-0.3, -0.25) is 0 Å².